The van der Waals surface area contributed by atoms with Crippen molar-refractivity contribution in [3.63, 3.8) is 0 Å². The molecule has 0 bridgehead atoms. The minimum absolute atomic E-state index is 0.134. The number of nitrogens with one attached hydrogen (secondary N) is 1. The first-order valence-corrected chi connectivity index (χ1v) is 6.51. The molecule has 2 aromatic carbocycles. The van der Waals surface area contributed by atoms with Gasteiger partial charge in [-0.1, -0.05) is 12.1 Å². The molecule has 0 fully saturated rings. The van der Waals surface area contributed by atoms with Crippen LogP contribution in [-0.2, 0) is 0 Å². The van der Waals surface area contributed by atoms with Crippen LogP contribution >= 0.6 is 0 Å². The van der Waals surface area contributed by atoms with Gasteiger partial charge in [-0.2, -0.15) is 0 Å². The summed E-state index contributed by atoms with van der Waals surface area (Å²) in [6.45, 7) is 4.73. The van der Waals surface area contributed by atoms with Crippen molar-refractivity contribution in [1.82, 2.24) is 0 Å². The van der Waals surface area contributed by atoms with E-state index in [4.69, 9.17) is 11.1 Å². The highest BCUT2D eigenvalue weighted by atomic mass is 19.1. The second-order valence-corrected chi connectivity index (χ2v) is 4.66. The van der Waals surface area contributed by atoms with E-state index >= 15 is 0 Å². The molecular weight excluding hydrogens is 253 g/mol. The third kappa shape index (κ3) is 2.79. The van der Waals surface area contributed by atoms with Crippen molar-refractivity contribution < 1.29 is 4.39 Å². The van der Waals surface area contributed by atoms with Gasteiger partial charge in [0.1, 0.15) is 11.7 Å². The van der Waals surface area contributed by atoms with Gasteiger partial charge in [0.05, 0.1) is 5.69 Å². The molecule has 0 saturated heterocycles. The Bertz CT molecular complexity index is 637. The summed E-state index contributed by atoms with van der Waals surface area (Å²) in [5.41, 5.74) is 8.87. The lowest BCUT2D eigenvalue weighted by atomic mass is 10.1. The molecule has 0 radical (unpaired) electrons. The summed E-state index contributed by atoms with van der Waals surface area (Å²) in [5, 5.41) is 7.63. The standard InChI is InChI=1S/C16H18FN3/c1-3-20(13-6-4-5-11(2)9-13)15-8-7-12(17)10-14(15)16(18)19/h4-10H,3H2,1-2H3,(H3,18,19). The monoisotopic (exact) mass is 271 g/mol. The van der Waals surface area contributed by atoms with E-state index in [0.29, 0.717) is 12.1 Å². The first kappa shape index (κ1) is 14.1. The molecule has 3 nitrogen and oxygen atoms in total. The topological polar surface area (TPSA) is 53.1 Å². The summed E-state index contributed by atoms with van der Waals surface area (Å²) in [4.78, 5) is 2.02. The van der Waals surface area contributed by atoms with Crippen LogP contribution in [0.25, 0.3) is 0 Å². The Kier molecular flexibility index (Phi) is 4.03. The molecular formula is C16H18FN3. The summed E-state index contributed by atoms with van der Waals surface area (Å²) in [7, 11) is 0. The van der Waals surface area contributed by atoms with Gasteiger partial charge in [-0.25, -0.2) is 4.39 Å². The van der Waals surface area contributed by atoms with Crippen molar-refractivity contribution in [2.24, 2.45) is 5.73 Å². The van der Waals surface area contributed by atoms with Crippen LogP contribution in [0, 0.1) is 18.2 Å². The van der Waals surface area contributed by atoms with Crippen molar-refractivity contribution in [2.75, 3.05) is 11.4 Å². The van der Waals surface area contributed by atoms with Crippen molar-refractivity contribution in [3.8, 4) is 0 Å². The zero-order valence-electron chi connectivity index (χ0n) is 11.7. The Balaban J connectivity index is 2.55. The number of nitrogens with zero attached hydrogens (tertiary/aromatic N) is 1. The number of hydrogen-bond acceptors (Lipinski definition) is 2. The number of halogens is 1. The van der Waals surface area contributed by atoms with E-state index < -0.39 is 0 Å². The van der Waals surface area contributed by atoms with Crippen LogP contribution in [0.2, 0.25) is 0 Å². The second kappa shape index (κ2) is 5.74. The molecule has 0 unspecified atom stereocenters. The number of aryl methyl sites for hydroxylation is 1. The zero-order chi connectivity index (χ0) is 14.7. The number of anilines is 2. The lowest BCUT2D eigenvalue weighted by Gasteiger charge is -2.26. The number of nitrogens with two attached hydrogens (primary N) is 1. The molecule has 2 aromatic rings. The highest BCUT2D eigenvalue weighted by molar-refractivity contribution is 6.01. The van der Waals surface area contributed by atoms with Gasteiger partial charge in [0.2, 0.25) is 0 Å². The van der Waals surface area contributed by atoms with Crippen LogP contribution in [0.4, 0.5) is 15.8 Å². The number of hydrogen-bond donors (Lipinski definition) is 2. The lowest BCUT2D eigenvalue weighted by molar-refractivity contribution is 0.627. The Labute approximate surface area is 118 Å². The smallest absolute Gasteiger partial charge is 0.125 e. The van der Waals surface area contributed by atoms with Gasteiger partial charge in [0.25, 0.3) is 0 Å². The van der Waals surface area contributed by atoms with Gasteiger partial charge < -0.3 is 10.6 Å². The van der Waals surface area contributed by atoms with Crippen LogP contribution in [0.5, 0.6) is 0 Å². The molecule has 0 aliphatic carbocycles. The van der Waals surface area contributed by atoms with Gasteiger partial charge in [0, 0.05) is 17.8 Å². The highest BCUT2D eigenvalue weighted by Crippen LogP contribution is 2.29. The molecule has 4 heteroatoms. The van der Waals surface area contributed by atoms with Crippen LogP contribution in [0.15, 0.2) is 42.5 Å². The minimum Gasteiger partial charge on any atom is -0.384 e. The van der Waals surface area contributed by atoms with Crippen LogP contribution in [0.1, 0.15) is 18.1 Å². The van der Waals surface area contributed by atoms with Gasteiger partial charge >= 0.3 is 0 Å². The average molecular weight is 271 g/mol. The predicted octanol–water partition coefficient (Wildman–Crippen LogP) is 3.58. The molecule has 0 amide bonds. The fourth-order valence-electron chi connectivity index (χ4n) is 2.25. The van der Waals surface area contributed by atoms with Gasteiger partial charge in [-0.3, -0.25) is 5.41 Å². The first-order valence-electron chi connectivity index (χ1n) is 6.51. The Morgan fingerprint density at radius 3 is 2.60 bits per heavy atom. The zero-order valence-corrected chi connectivity index (χ0v) is 11.7. The van der Waals surface area contributed by atoms with Crippen LogP contribution in [-0.4, -0.2) is 12.4 Å². The molecule has 2 rings (SSSR count). The molecule has 3 N–H and O–H groups in total. The highest BCUT2D eigenvalue weighted by Gasteiger charge is 2.14. The number of rotatable bonds is 4. The molecule has 0 spiro atoms. The third-order valence-corrected chi connectivity index (χ3v) is 3.17. The molecule has 0 aliphatic rings. The summed E-state index contributed by atoms with van der Waals surface area (Å²) in [5.74, 6) is -0.523. The summed E-state index contributed by atoms with van der Waals surface area (Å²) in [6, 6.07) is 12.4. The normalized spacial score (nSPS) is 10.3. The maximum absolute atomic E-state index is 13.4. The Hall–Kier alpha value is -2.36. The van der Waals surface area contributed by atoms with Crippen molar-refractivity contribution in [1.29, 1.82) is 5.41 Å². The molecule has 0 atom stereocenters. The van der Waals surface area contributed by atoms with Gasteiger partial charge in [-0.15, -0.1) is 0 Å². The Morgan fingerprint density at radius 1 is 1.25 bits per heavy atom. The average Bonchev–Trinajstić information content (AvgIpc) is 2.41. The SMILES string of the molecule is CCN(c1cccc(C)c1)c1ccc(F)cc1C(=N)N. The van der Waals surface area contributed by atoms with E-state index in [1.807, 2.05) is 36.9 Å². The fraction of sp³-hybridized carbons (Fsp3) is 0.188. The predicted molar refractivity (Wildman–Crippen MR) is 81.3 cm³/mol. The second-order valence-electron chi connectivity index (χ2n) is 4.66. The van der Waals surface area contributed by atoms with Crippen molar-refractivity contribution in [2.45, 2.75) is 13.8 Å². The summed E-state index contributed by atoms with van der Waals surface area (Å²) >= 11 is 0. The van der Waals surface area contributed by atoms with Gasteiger partial charge in [0.15, 0.2) is 0 Å². The number of nitrogen functional groups attached to an aromatic ring is 1. The quantitative estimate of drug-likeness (QED) is 0.659. The lowest BCUT2D eigenvalue weighted by Crippen LogP contribution is -2.22. The maximum Gasteiger partial charge on any atom is 0.125 e. The van der Waals surface area contributed by atoms with E-state index in [1.165, 1.54) is 12.1 Å². The van der Waals surface area contributed by atoms with E-state index in [1.54, 1.807) is 6.07 Å². The minimum atomic E-state index is -0.390. The van der Waals surface area contributed by atoms with E-state index in [9.17, 15) is 4.39 Å². The van der Waals surface area contributed by atoms with Crippen molar-refractivity contribution in [3.05, 3.63) is 59.4 Å². The van der Waals surface area contributed by atoms with Crippen molar-refractivity contribution >= 4 is 17.2 Å². The van der Waals surface area contributed by atoms with E-state index in [2.05, 4.69) is 6.07 Å². The molecule has 20 heavy (non-hydrogen) atoms. The molecule has 104 valence electrons. The molecule has 0 saturated carbocycles. The summed E-state index contributed by atoms with van der Waals surface area (Å²) < 4.78 is 13.4. The van der Waals surface area contributed by atoms with E-state index in [-0.39, 0.29) is 11.7 Å². The molecule has 0 heterocycles. The van der Waals surface area contributed by atoms with E-state index in [0.717, 1.165) is 16.9 Å². The van der Waals surface area contributed by atoms with Gasteiger partial charge in [-0.05, 0) is 49.7 Å². The van der Waals surface area contributed by atoms with Crippen LogP contribution < -0.4 is 10.6 Å². The first-order chi connectivity index (χ1) is 9.52. The summed E-state index contributed by atoms with van der Waals surface area (Å²) in [6.07, 6.45) is 0. The molecule has 0 aliphatic heterocycles. The number of amidine groups is 1. The maximum atomic E-state index is 13.4. The number of benzene rings is 2. The fourth-order valence-corrected chi connectivity index (χ4v) is 2.25. The molecule has 0 aromatic heterocycles. The third-order valence-electron chi connectivity index (χ3n) is 3.17. The Morgan fingerprint density at radius 2 is 2.00 bits per heavy atom. The van der Waals surface area contributed by atoms with Crippen LogP contribution in [0.3, 0.4) is 0 Å². The largest absolute Gasteiger partial charge is 0.384 e.